The molecule has 0 saturated carbocycles. The van der Waals surface area contributed by atoms with Gasteiger partial charge in [0.2, 0.25) is 0 Å². The third-order valence-electron chi connectivity index (χ3n) is 3.38. The van der Waals surface area contributed by atoms with E-state index < -0.39 is 12.0 Å². The summed E-state index contributed by atoms with van der Waals surface area (Å²) in [6.07, 6.45) is 0.706. The Morgan fingerprint density at radius 2 is 2.13 bits per heavy atom. The van der Waals surface area contributed by atoms with E-state index >= 15 is 0 Å². The maximum Gasteiger partial charge on any atom is 0.422 e. The van der Waals surface area contributed by atoms with Crippen molar-refractivity contribution in [3.8, 4) is 0 Å². The van der Waals surface area contributed by atoms with Crippen molar-refractivity contribution in [3.05, 3.63) is 46.8 Å². The Morgan fingerprint density at radius 3 is 2.91 bits per heavy atom. The first-order valence-corrected chi connectivity index (χ1v) is 7.27. The number of hydrogen-bond acceptors (Lipinski definition) is 5. The van der Waals surface area contributed by atoms with Crippen LogP contribution in [-0.4, -0.2) is 42.1 Å². The van der Waals surface area contributed by atoms with Crippen LogP contribution in [0.25, 0.3) is 17.0 Å². The monoisotopic (exact) mass is 332 g/mol. The number of para-hydroxylation sites is 1. The van der Waals surface area contributed by atoms with Crippen LogP contribution in [0.2, 0.25) is 5.15 Å². The fourth-order valence-corrected chi connectivity index (χ4v) is 2.43. The molecular weight excluding hydrogens is 320 g/mol. The average Bonchev–Trinajstić information content (AvgIpc) is 2.80. The standard InChI is InChI=1S/C16H13ClN2O4/c1-22-7-6-19-15(20)13(23-16(19)21)9-11-8-10-4-2-3-5-12(10)18-14(11)17/h2-5,8-9H,6-7H2,1H3. The molecule has 1 saturated heterocycles. The predicted octanol–water partition coefficient (Wildman–Crippen LogP) is 2.85. The molecule has 0 spiro atoms. The SMILES string of the molecule is COCCN1C(=O)OC(=Cc2cc3ccccc3nc2Cl)C1=O. The van der Waals surface area contributed by atoms with Crippen molar-refractivity contribution in [1.29, 1.82) is 0 Å². The molecule has 0 N–H and O–H groups in total. The number of cyclic esters (lactones) is 1. The molecule has 0 atom stereocenters. The summed E-state index contributed by atoms with van der Waals surface area (Å²) in [5, 5.41) is 1.10. The highest BCUT2D eigenvalue weighted by Gasteiger charge is 2.36. The number of fused-ring (bicyclic) bond motifs is 1. The number of amides is 2. The molecule has 0 radical (unpaired) electrons. The summed E-state index contributed by atoms with van der Waals surface area (Å²) in [5.74, 6) is -0.596. The minimum Gasteiger partial charge on any atom is -0.404 e. The van der Waals surface area contributed by atoms with E-state index in [1.54, 1.807) is 6.07 Å². The molecule has 6 nitrogen and oxygen atoms in total. The zero-order valence-electron chi connectivity index (χ0n) is 12.3. The van der Waals surface area contributed by atoms with Crippen LogP contribution in [0.5, 0.6) is 0 Å². The molecular formula is C16H13ClN2O4. The van der Waals surface area contributed by atoms with Crippen molar-refractivity contribution in [2.45, 2.75) is 0 Å². The lowest BCUT2D eigenvalue weighted by Crippen LogP contribution is -2.31. The van der Waals surface area contributed by atoms with Crippen molar-refractivity contribution >= 4 is 40.6 Å². The lowest BCUT2D eigenvalue weighted by Gasteiger charge is -2.08. The van der Waals surface area contributed by atoms with Gasteiger partial charge in [-0.15, -0.1) is 0 Å². The zero-order valence-corrected chi connectivity index (χ0v) is 13.0. The predicted molar refractivity (Wildman–Crippen MR) is 84.8 cm³/mol. The van der Waals surface area contributed by atoms with E-state index in [9.17, 15) is 9.59 Å². The van der Waals surface area contributed by atoms with E-state index in [0.29, 0.717) is 5.56 Å². The summed E-state index contributed by atoms with van der Waals surface area (Å²) in [4.78, 5) is 29.2. The number of halogens is 1. The summed E-state index contributed by atoms with van der Waals surface area (Å²) in [6, 6.07) is 9.25. The highest BCUT2D eigenvalue weighted by Crippen LogP contribution is 2.25. The number of benzene rings is 1. The van der Waals surface area contributed by atoms with Gasteiger partial charge in [0.05, 0.1) is 18.7 Å². The first-order chi connectivity index (χ1) is 11.1. The van der Waals surface area contributed by atoms with Crippen LogP contribution in [0.1, 0.15) is 5.56 Å². The molecule has 7 heteroatoms. The van der Waals surface area contributed by atoms with Gasteiger partial charge in [0.15, 0.2) is 5.76 Å². The van der Waals surface area contributed by atoms with Gasteiger partial charge in [-0.3, -0.25) is 4.79 Å². The van der Waals surface area contributed by atoms with Gasteiger partial charge >= 0.3 is 6.09 Å². The lowest BCUT2D eigenvalue weighted by molar-refractivity contribution is -0.123. The molecule has 2 aromatic rings. The molecule has 0 unspecified atom stereocenters. The fourth-order valence-electron chi connectivity index (χ4n) is 2.23. The molecule has 1 fully saturated rings. The molecule has 118 valence electrons. The first-order valence-electron chi connectivity index (χ1n) is 6.90. The van der Waals surface area contributed by atoms with Crippen LogP contribution in [0, 0.1) is 0 Å². The summed E-state index contributed by atoms with van der Waals surface area (Å²) in [6.45, 7) is 0.377. The molecule has 1 aromatic heterocycles. The number of methoxy groups -OCH3 is 1. The quantitative estimate of drug-likeness (QED) is 0.636. The molecule has 0 aliphatic carbocycles. The molecule has 2 heterocycles. The Bertz CT molecular complexity index is 819. The largest absolute Gasteiger partial charge is 0.422 e. The molecule has 2 amide bonds. The third kappa shape index (κ3) is 3.04. The van der Waals surface area contributed by atoms with E-state index in [-0.39, 0.29) is 24.1 Å². The molecule has 3 rings (SSSR count). The van der Waals surface area contributed by atoms with Gasteiger partial charge in [0.25, 0.3) is 5.91 Å². The highest BCUT2D eigenvalue weighted by molar-refractivity contribution is 6.31. The number of nitrogens with zero attached hydrogens (tertiary/aromatic N) is 2. The fraction of sp³-hybridized carbons (Fsp3) is 0.188. The van der Waals surface area contributed by atoms with Gasteiger partial charge in [0, 0.05) is 18.1 Å². The number of ether oxygens (including phenoxy) is 2. The number of hydrogen-bond donors (Lipinski definition) is 0. The summed E-state index contributed by atoms with van der Waals surface area (Å²) >= 11 is 6.14. The summed E-state index contributed by atoms with van der Waals surface area (Å²) in [5.41, 5.74) is 1.26. The summed E-state index contributed by atoms with van der Waals surface area (Å²) < 4.78 is 9.88. The van der Waals surface area contributed by atoms with Crippen LogP contribution in [0.4, 0.5) is 4.79 Å². The minimum atomic E-state index is -0.719. The van der Waals surface area contributed by atoms with Crippen molar-refractivity contribution in [3.63, 3.8) is 0 Å². The summed E-state index contributed by atoms with van der Waals surface area (Å²) in [7, 11) is 1.49. The molecule has 1 aliphatic rings. The van der Waals surface area contributed by atoms with E-state index in [1.165, 1.54) is 13.2 Å². The smallest absolute Gasteiger partial charge is 0.404 e. The normalized spacial score (nSPS) is 16.4. The van der Waals surface area contributed by atoms with Crippen molar-refractivity contribution in [2.75, 3.05) is 20.3 Å². The number of pyridine rings is 1. The van der Waals surface area contributed by atoms with Gasteiger partial charge in [-0.25, -0.2) is 14.7 Å². The Kier molecular flexibility index (Phi) is 4.27. The van der Waals surface area contributed by atoms with Gasteiger partial charge in [0.1, 0.15) is 5.15 Å². The van der Waals surface area contributed by atoms with Crippen molar-refractivity contribution < 1.29 is 19.1 Å². The van der Waals surface area contributed by atoms with E-state index in [4.69, 9.17) is 21.1 Å². The number of rotatable bonds is 4. The zero-order chi connectivity index (χ0) is 16.4. The number of carbonyl (C=O) groups is 2. The third-order valence-corrected chi connectivity index (χ3v) is 3.69. The van der Waals surface area contributed by atoms with E-state index in [1.807, 2.05) is 24.3 Å². The van der Waals surface area contributed by atoms with Crippen LogP contribution >= 0.6 is 11.6 Å². The van der Waals surface area contributed by atoms with Gasteiger partial charge in [-0.2, -0.15) is 0 Å². The lowest BCUT2D eigenvalue weighted by atomic mass is 10.1. The first kappa shape index (κ1) is 15.5. The Hall–Kier alpha value is -2.44. The minimum absolute atomic E-state index is 0.0786. The van der Waals surface area contributed by atoms with Gasteiger partial charge in [-0.05, 0) is 18.2 Å². The Morgan fingerprint density at radius 1 is 1.35 bits per heavy atom. The van der Waals surface area contributed by atoms with Gasteiger partial charge in [-0.1, -0.05) is 29.8 Å². The van der Waals surface area contributed by atoms with Crippen LogP contribution < -0.4 is 0 Å². The van der Waals surface area contributed by atoms with E-state index in [2.05, 4.69) is 4.98 Å². The van der Waals surface area contributed by atoms with E-state index in [0.717, 1.165) is 15.8 Å². The average molecular weight is 333 g/mol. The van der Waals surface area contributed by atoms with Crippen LogP contribution in [0.15, 0.2) is 36.1 Å². The topological polar surface area (TPSA) is 68.7 Å². The second-order valence-corrected chi connectivity index (χ2v) is 5.25. The number of carbonyl (C=O) groups excluding carboxylic acids is 2. The van der Waals surface area contributed by atoms with Crippen molar-refractivity contribution in [2.24, 2.45) is 0 Å². The van der Waals surface area contributed by atoms with Gasteiger partial charge < -0.3 is 9.47 Å². The van der Waals surface area contributed by atoms with Crippen LogP contribution in [-0.2, 0) is 14.3 Å². The molecule has 1 aromatic carbocycles. The van der Waals surface area contributed by atoms with Crippen LogP contribution in [0.3, 0.4) is 0 Å². The Labute approximate surface area is 137 Å². The second kappa shape index (κ2) is 6.36. The number of aromatic nitrogens is 1. The molecule has 1 aliphatic heterocycles. The maximum atomic E-state index is 12.2. The molecule has 0 bridgehead atoms. The second-order valence-electron chi connectivity index (χ2n) is 4.89. The Balaban J connectivity index is 1.94. The number of imide groups is 1. The van der Waals surface area contributed by atoms with Crippen molar-refractivity contribution in [1.82, 2.24) is 9.88 Å². The molecule has 23 heavy (non-hydrogen) atoms. The maximum absolute atomic E-state index is 12.2. The highest BCUT2D eigenvalue weighted by atomic mass is 35.5.